The molecule has 484 valence electrons. The third-order valence-corrected chi connectivity index (χ3v) is 17.0. The molecule has 5 heterocycles. The standard InChI is InChI=1S/C70H75N9O14/c1-41(2)64(75-61(80)19-9-8-14-26-76-62(81)24-25-63(76)82)66(84)73-43(4)65(83)74-51-22-20-44(21-23-51)38-93-70(88)79-55-33-60(58(90-7)31-53(55)68(86)78-37-50-18-13-11-16-48(50)29-56(78)69(79)87)92-40-46-28-45(34-72-35-46)39-91-59-32-54(71-5)52(30-57(59)89-6)67(85)77-36-49-17-12-10-15-47(49)27-42(77)3/h10-13,15-18,20-25,28,30-35,41-43,56,64,69,87H,5,8-9,14,19,26-27,29,36-40H2,1-4,6-7H3,(H,73,84)(H,74,83)(H,75,80)/t42-,43+,56+,64+,69?/m1/s1. The Bertz CT molecular complexity index is 3870. The van der Waals surface area contributed by atoms with Crippen LogP contribution >= 0.6 is 0 Å². The number of imide groups is 1. The van der Waals surface area contributed by atoms with E-state index < -0.39 is 48.2 Å². The predicted octanol–water partition coefficient (Wildman–Crippen LogP) is 8.29. The van der Waals surface area contributed by atoms with Crippen LogP contribution in [0.2, 0.25) is 0 Å². The highest BCUT2D eigenvalue weighted by atomic mass is 16.6. The SMILES string of the molecule is C=Nc1cc(OCc2cncc(COc3cc4c(cc3OC)C(=O)N3Cc5ccccc5C[C@H]3C(O)N4C(=O)OCc3ccc(NC(=O)[C@H](C)NC(=O)[C@@H](NC(=O)CCCCCN4C(=O)C=CC4=O)C(C)C)cc3)c2)c(OC)cc1C(=O)N1Cc2ccccc2C[C@H]1C. The van der Waals surface area contributed by atoms with E-state index in [1.165, 1.54) is 51.0 Å². The van der Waals surface area contributed by atoms with Crippen molar-refractivity contribution in [3.63, 3.8) is 0 Å². The van der Waals surface area contributed by atoms with Gasteiger partial charge in [-0.3, -0.25) is 48.4 Å². The molecule has 0 fully saturated rings. The number of aliphatic imine (C=N–C) groups is 1. The lowest BCUT2D eigenvalue weighted by Crippen LogP contribution is -2.55. The number of amides is 8. The van der Waals surface area contributed by atoms with Crippen LogP contribution in [-0.2, 0) is 74.5 Å². The van der Waals surface area contributed by atoms with Crippen molar-refractivity contribution in [2.24, 2.45) is 10.9 Å². The van der Waals surface area contributed by atoms with E-state index in [4.69, 9.17) is 23.7 Å². The maximum atomic E-state index is 14.8. The van der Waals surface area contributed by atoms with Gasteiger partial charge in [-0.05, 0) is 110 Å². The fourth-order valence-electron chi connectivity index (χ4n) is 11.8. The van der Waals surface area contributed by atoms with Gasteiger partial charge in [0.1, 0.15) is 31.9 Å². The van der Waals surface area contributed by atoms with Crippen molar-refractivity contribution in [1.82, 2.24) is 30.3 Å². The number of nitrogens with zero attached hydrogens (tertiary/aromatic N) is 6. The van der Waals surface area contributed by atoms with Gasteiger partial charge < -0.3 is 54.5 Å². The average Bonchev–Trinajstić information content (AvgIpc) is 1.67. The Morgan fingerprint density at radius 3 is 1.97 bits per heavy atom. The number of nitrogens with one attached hydrogen (secondary N) is 3. The predicted molar refractivity (Wildman–Crippen MR) is 344 cm³/mol. The van der Waals surface area contributed by atoms with Gasteiger partial charge in [0.05, 0.1) is 42.8 Å². The first kappa shape index (κ1) is 65.5. The van der Waals surface area contributed by atoms with Crippen LogP contribution in [0.25, 0.3) is 0 Å². The van der Waals surface area contributed by atoms with Gasteiger partial charge >= 0.3 is 6.09 Å². The smallest absolute Gasteiger partial charge is 0.416 e. The highest BCUT2D eigenvalue weighted by Crippen LogP contribution is 2.43. The average molecular weight is 1270 g/mol. The molecule has 5 atom stereocenters. The molecule has 1 aromatic heterocycles. The number of methoxy groups -OCH3 is 2. The number of rotatable bonds is 24. The van der Waals surface area contributed by atoms with Gasteiger partial charge in [0.2, 0.25) is 17.7 Å². The number of unbranched alkanes of at least 4 members (excludes halogenated alkanes) is 2. The summed E-state index contributed by atoms with van der Waals surface area (Å²) in [6.45, 7) is 11.4. The van der Waals surface area contributed by atoms with Crippen molar-refractivity contribution in [1.29, 1.82) is 0 Å². The first-order valence-corrected chi connectivity index (χ1v) is 30.8. The highest BCUT2D eigenvalue weighted by molar-refractivity contribution is 6.13. The second kappa shape index (κ2) is 29.2. The number of pyridine rings is 1. The Kier molecular flexibility index (Phi) is 20.6. The zero-order valence-electron chi connectivity index (χ0n) is 52.7. The lowest BCUT2D eigenvalue weighted by Gasteiger charge is -2.39. The molecule has 23 heteroatoms. The maximum Gasteiger partial charge on any atom is 0.416 e. The molecule has 4 aliphatic rings. The van der Waals surface area contributed by atoms with Crippen LogP contribution in [0.4, 0.5) is 21.9 Å². The van der Waals surface area contributed by atoms with Crippen LogP contribution in [0, 0.1) is 5.92 Å². The van der Waals surface area contributed by atoms with E-state index in [1.54, 1.807) is 67.5 Å². The highest BCUT2D eigenvalue weighted by Gasteiger charge is 2.46. The summed E-state index contributed by atoms with van der Waals surface area (Å²) in [4.78, 5) is 121. The molecule has 0 aliphatic carbocycles. The molecule has 5 aromatic carbocycles. The fourth-order valence-corrected chi connectivity index (χ4v) is 11.8. The summed E-state index contributed by atoms with van der Waals surface area (Å²) in [5, 5.41) is 20.6. The number of aliphatic hydroxyl groups is 1. The minimum atomic E-state index is -1.60. The summed E-state index contributed by atoms with van der Waals surface area (Å²) in [6.07, 6.45) is 5.81. The number of carbonyl (C=O) groups is 8. The number of aromatic nitrogens is 1. The zero-order chi connectivity index (χ0) is 66.0. The molecule has 23 nitrogen and oxygen atoms in total. The quantitative estimate of drug-likeness (QED) is 0.0252. The monoisotopic (exact) mass is 1270 g/mol. The Labute approximate surface area is 538 Å². The summed E-state index contributed by atoms with van der Waals surface area (Å²) in [7, 11) is 2.92. The second-order valence-electron chi connectivity index (χ2n) is 23.7. The van der Waals surface area contributed by atoms with Gasteiger partial charge in [0.15, 0.2) is 29.2 Å². The molecule has 4 aliphatic heterocycles. The zero-order valence-corrected chi connectivity index (χ0v) is 52.7. The first-order valence-electron chi connectivity index (χ1n) is 30.8. The van der Waals surface area contributed by atoms with Crippen molar-refractivity contribution >= 4 is 71.2 Å². The van der Waals surface area contributed by atoms with E-state index in [-0.39, 0.29) is 104 Å². The van der Waals surface area contributed by atoms with Gasteiger partial charge in [-0.25, -0.2) is 9.69 Å². The van der Waals surface area contributed by atoms with Crippen molar-refractivity contribution in [2.75, 3.05) is 31.0 Å². The van der Waals surface area contributed by atoms with Crippen molar-refractivity contribution in [3.8, 4) is 23.0 Å². The number of hydrogen-bond acceptors (Lipinski definition) is 16. The number of benzene rings is 5. The summed E-state index contributed by atoms with van der Waals surface area (Å²) in [6, 6.07) is 27.3. The Balaban J connectivity index is 0.783. The molecular weight excluding hydrogens is 1190 g/mol. The lowest BCUT2D eigenvalue weighted by atomic mass is 9.93. The molecule has 0 spiro atoms. The molecule has 0 bridgehead atoms. The van der Waals surface area contributed by atoms with Crippen LogP contribution in [0.3, 0.4) is 0 Å². The number of hydrogen-bond donors (Lipinski definition) is 4. The van der Waals surface area contributed by atoms with Crippen molar-refractivity contribution in [2.45, 2.75) is 130 Å². The molecule has 6 aromatic rings. The molecule has 1 unspecified atom stereocenters. The maximum absolute atomic E-state index is 14.8. The van der Waals surface area contributed by atoms with Crippen LogP contribution < -0.4 is 39.8 Å². The number of ether oxygens (including phenoxy) is 5. The minimum Gasteiger partial charge on any atom is -0.493 e. The normalized spacial score (nSPS) is 17.0. The topological polar surface area (TPSA) is 277 Å². The molecule has 0 saturated heterocycles. The van der Waals surface area contributed by atoms with E-state index in [2.05, 4.69) is 38.7 Å². The second-order valence-corrected chi connectivity index (χ2v) is 23.7. The van der Waals surface area contributed by atoms with Crippen molar-refractivity contribution in [3.05, 3.63) is 178 Å². The van der Waals surface area contributed by atoms with Gasteiger partial charge in [-0.1, -0.05) is 80.9 Å². The summed E-state index contributed by atoms with van der Waals surface area (Å²) in [5.41, 5.74) is 7.00. The third kappa shape index (κ3) is 15.0. The number of fused-ring (bicyclic) bond motifs is 4. The largest absolute Gasteiger partial charge is 0.493 e. The van der Waals surface area contributed by atoms with Gasteiger partial charge in [0.25, 0.3) is 23.6 Å². The van der Waals surface area contributed by atoms with Gasteiger partial charge in [0, 0.05) is 85.6 Å². The minimum absolute atomic E-state index is 0.0112. The molecule has 93 heavy (non-hydrogen) atoms. The third-order valence-electron chi connectivity index (χ3n) is 17.0. The van der Waals surface area contributed by atoms with Crippen LogP contribution in [-0.4, -0.2) is 130 Å². The molecule has 0 radical (unpaired) electrons. The number of aliphatic hydroxyl groups excluding tert-OH is 1. The molecular formula is C70H75N9O14. The van der Waals surface area contributed by atoms with Crippen LogP contribution in [0.5, 0.6) is 23.0 Å². The number of anilines is 2. The Hall–Kier alpha value is -10.4. The van der Waals surface area contributed by atoms with Crippen LogP contribution in [0.1, 0.15) is 113 Å². The summed E-state index contributed by atoms with van der Waals surface area (Å²) >= 11 is 0. The van der Waals surface area contributed by atoms with E-state index in [9.17, 15) is 43.5 Å². The number of carbonyl (C=O) groups excluding carboxylic acids is 8. The Morgan fingerprint density at radius 2 is 1.32 bits per heavy atom. The first-order chi connectivity index (χ1) is 44.8. The lowest BCUT2D eigenvalue weighted by molar-refractivity contribution is -0.137. The van der Waals surface area contributed by atoms with E-state index in [0.29, 0.717) is 70.9 Å². The van der Waals surface area contributed by atoms with E-state index >= 15 is 0 Å². The fraction of sp³-hybridized carbons (Fsp3) is 0.343. The van der Waals surface area contributed by atoms with E-state index in [0.717, 1.165) is 32.9 Å². The van der Waals surface area contributed by atoms with Crippen molar-refractivity contribution < 1.29 is 67.1 Å². The van der Waals surface area contributed by atoms with Gasteiger partial charge in [-0.15, -0.1) is 0 Å². The van der Waals surface area contributed by atoms with E-state index in [1.807, 2.05) is 60.4 Å². The van der Waals surface area contributed by atoms with Crippen LogP contribution in [0.15, 0.2) is 133 Å². The molecule has 0 saturated carbocycles. The Morgan fingerprint density at radius 1 is 0.699 bits per heavy atom. The molecule has 4 N–H and O–H groups in total. The van der Waals surface area contributed by atoms with Gasteiger partial charge in [-0.2, -0.15) is 0 Å². The summed E-state index contributed by atoms with van der Waals surface area (Å²) < 4.78 is 30.2. The molecule has 8 amide bonds. The molecule has 10 rings (SSSR count). The summed E-state index contributed by atoms with van der Waals surface area (Å²) in [5.74, 6) is -2.15.